The number of sulfone groups is 1. The lowest BCUT2D eigenvalue weighted by molar-refractivity contribution is 0.0215. The Morgan fingerprint density at radius 3 is 2.25 bits per heavy atom. The van der Waals surface area contributed by atoms with Crippen LogP contribution < -0.4 is 10.2 Å². The molecular weight excluding hydrogens is 628 g/mol. The van der Waals surface area contributed by atoms with Crippen molar-refractivity contribution in [2.45, 2.75) is 54.4 Å². The maximum Gasteiger partial charge on any atom is 0.407 e. The van der Waals surface area contributed by atoms with Gasteiger partial charge in [-0.3, -0.25) is 0 Å². The maximum atomic E-state index is 13.1. The predicted octanol–water partition coefficient (Wildman–Crippen LogP) is 5.53. The summed E-state index contributed by atoms with van der Waals surface area (Å²) >= 11 is 0. The summed E-state index contributed by atoms with van der Waals surface area (Å²) in [6.07, 6.45) is 13.6. The number of methoxy groups -OCH3 is 1. The number of rotatable bonds is 10. The molecule has 2 N–H and O–H groups in total. The number of likely N-dealkylation sites (tertiary alicyclic amines) is 1. The van der Waals surface area contributed by atoms with Crippen molar-refractivity contribution in [3.63, 3.8) is 0 Å². The lowest BCUT2D eigenvalue weighted by Crippen LogP contribution is -2.55. The number of carboxylic acid groups (broad SMARTS) is 1. The quantitative estimate of drug-likeness (QED) is 0.333. The number of hydrogen-bond donors (Lipinski definition) is 2. The van der Waals surface area contributed by atoms with Crippen molar-refractivity contribution in [1.82, 2.24) is 10.2 Å². The number of carboxylic acids is 1. The minimum Gasteiger partial charge on any atom is -0.478 e. The zero-order valence-electron chi connectivity index (χ0n) is 27.3. The van der Waals surface area contributed by atoms with Gasteiger partial charge in [0, 0.05) is 37.3 Å². The maximum absolute atomic E-state index is 13.1. The van der Waals surface area contributed by atoms with Crippen LogP contribution in [-0.4, -0.2) is 76.4 Å². The van der Waals surface area contributed by atoms with Gasteiger partial charge in [-0.05, 0) is 111 Å². The first-order valence-corrected chi connectivity index (χ1v) is 18.4. The van der Waals surface area contributed by atoms with E-state index in [0.717, 1.165) is 76.9 Å². The first kappa shape index (κ1) is 33.7. The number of nitriles is 1. The van der Waals surface area contributed by atoms with Gasteiger partial charge in [0.2, 0.25) is 9.84 Å². The van der Waals surface area contributed by atoms with Crippen LogP contribution in [0.5, 0.6) is 0 Å². The minimum absolute atomic E-state index is 0.0399. The van der Waals surface area contributed by atoms with Crippen molar-refractivity contribution in [2.24, 2.45) is 29.1 Å². The van der Waals surface area contributed by atoms with E-state index in [1.54, 1.807) is 12.1 Å². The van der Waals surface area contributed by atoms with E-state index in [0.29, 0.717) is 5.92 Å². The third-order valence-corrected chi connectivity index (χ3v) is 12.9. The molecule has 0 radical (unpaired) electrons. The molecule has 0 spiro atoms. The van der Waals surface area contributed by atoms with Crippen LogP contribution in [0.3, 0.4) is 0 Å². The fraction of sp³-hybridized carbons (Fsp3) is 0.486. The number of hydrogen-bond acceptors (Lipinski definition) is 8. The molecule has 2 heterocycles. The molecule has 2 aliphatic carbocycles. The summed E-state index contributed by atoms with van der Waals surface area (Å²) in [6, 6.07) is 15.0. The molecule has 1 saturated carbocycles. The highest BCUT2D eigenvalue weighted by Crippen LogP contribution is 2.54. The molecule has 6 rings (SSSR count). The van der Waals surface area contributed by atoms with Crippen LogP contribution in [0, 0.1) is 40.4 Å². The van der Waals surface area contributed by atoms with Crippen LogP contribution in [0.25, 0.3) is 0 Å². The van der Waals surface area contributed by atoms with E-state index in [9.17, 15) is 23.3 Å². The van der Waals surface area contributed by atoms with Crippen LogP contribution in [0.4, 0.5) is 10.5 Å². The van der Waals surface area contributed by atoms with E-state index < -0.39 is 27.3 Å². The molecule has 2 aromatic rings. The Bertz CT molecular complexity index is 1690. The SMILES string of the molecule is COC(=O)N[C@@H]1CCC[C@H]1C(C#N)(C1C=CC=CC1)C1CCN(CC2CN(c3ccc(S(=O)(=O)c4ccc(C(=O)O)cc4)cc3)C2)CC1. The third-order valence-electron chi connectivity index (χ3n) is 11.1. The van der Waals surface area contributed by atoms with Crippen LogP contribution >= 0.6 is 0 Å². The number of ether oxygens (including phenoxy) is 1. The molecule has 2 unspecified atom stereocenters. The van der Waals surface area contributed by atoms with E-state index >= 15 is 0 Å². The molecule has 2 saturated heterocycles. The lowest BCUT2D eigenvalue weighted by atomic mass is 9.55. The Morgan fingerprint density at radius 2 is 1.67 bits per heavy atom. The third kappa shape index (κ3) is 6.61. The van der Waals surface area contributed by atoms with Crippen molar-refractivity contribution < 1.29 is 27.9 Å². The summed E-state index contributed by atoms with van der Waals surface area (Å²) in [5, 5.41) is 23.1. The van der Waals surface area contributed by atoms with Gasteiger partial charge < -0.3 is 25.0 Å². The Balaban J connectivity index is 1.05. The standard InChI is InChI=1S/C37H44N4O6S/c1-47-36(44)39-34-9-5-8-33(34)37(25-38,28-6-3-2-4-7-28)29-18-20-40(21-19-29)22-26-23-41(24-26)30-12-16-32(17-13-30)48(45,46)31-14-10-27(11-15-31)35(42)43/h2-4,6,10-17,26,28-29,33-34H,5,7-9,18-24H2,1H3,(H,39,44)(H,42,43)/t28?,33-,34-,37?/m1/s1. The van der Waals surface area contributed by atoms with Gasteiger partial charge >= 0.3 is 12.1 Å². The Hall–Kier alpha value is -4.14. The average molecular weight is 673 g/mol. The first-order chi connectivity index (χ1) is 23.1. The van der Waals surface area contributed by atoms with Crippen molar-refractivity contribution in [3.05, 3.63) is 78.4 Å². The number of nitrogens with zero attached hydrogens (tertiary/aromatic N) is 3. The summed E-state index contributed by atoms with van der Waals surface area (Å²) < 4.78 is 31.1. The van der Waals surface area contributed by atoms with E-state index in [2.05, 4.69) is 45.5 Å². The summed E-state index contributed by atoms with van der Waals surface area (Å²) in [7, 11) is -2.36. The highest BCUT2D eigenvalue weighted by molar-refractivity contribution is 7.91. The van der Waals surface area contributed by atoms with E-state index in [-0.39, 0.29) is 39.1 Å². The zero-order chi connectivity index (χ0) is 33.9. The molecule has 10 nitrogen and oxygen atoms in total. The second-order valence-corrected chi connectivity index (χ2v) is 15.6. The van der Waals surface area contributed by atoms with E-state index in [1.807, 2.05) is 12.1 Å². The number of carbonyl (C=O) groups is 2. The molecule has 0 aromatic heterocycles. The van der Waals surface area contributed by atoms with Gasteiger partial charge in [0.1, 0.15) is 0 Å². The number of piperidine rings is 1. The van der Waals surface area contributed by atoms with E-state index in [4.69, 9.17) is 9.84 Å². The predicted molar refractivity (Wildman–Crippen MR) is 181 cm³/mol. The van der Waals surface area contributed by atoms with Gasteiger partial charge in [-0.2, -0.15) is 5.26 Å². The highest BCUT2D eigenvalue weighted by atomic mass is 32.2. The number of alkyl carbamates (subject to hydrolysis) is 1. The monoisotopic (exact) mass is 672 g/mol. The van der Waals surface area contributed by atoms with Gasteiger partial charge in [-0.25, -0.2) is 18.0 Å². The molecule has 0 bridgehead atoms. The molecule has 2 aliphatic heterocycles. The van der Waals surface area contributed by atoms with Crippen molar-refractivity contribution in [2.75, 3.05) is 44.7 Å². The highest BCUT2D eigenvalue weighted by Gasteiger charge is 2.55. The molecule has 48 heavy (non-hydrogen) atoms. The van der Waals surface area contributed by atoms with Gasteiger partial charge in [-0.15, -0.1) is 0 Å². The zero-order valence-corrected chi connectivity index (χ0v) is 28.1. The summed E-state index contributed by atoms with van der Waals surface area (Å²) in [6.45, 7) is 4.67. The normalized spacial score (nSPS) is 24.8. The topological polar surface area (TPSA) is 140 Å². The van der Waals surface area contributed by atoms with Gasteiger partial charge in [-0.1, -0.05) is 30.7 Å². The fourth-order valence-electron chi connectivity index (χ4n) is 8.59. The minimum atomic E-state index is -3.75. The number of amides is 1. The summed E-state index contributed by atoms with van der Waals surface area (Å²) in [5.74, 6) is -0.150. The number of nitrogens with one attached hydrogen (secondary N) is 1. The smallest absolute Gasteiger partial charge is 0.407 e. The number of benzene rings is 2. The van der Waals surface area contributed by atoms with Gasteiger partial charge in [0.25, 0.3) is 0 Å². The Morgan fingerprint density at radius 1 is 1.00 bits per heavy atom. The largest absolute Gasteiger partial charge is 0.478 e. The Labute approximate surface area is 283 Å². The molecule has 4 aliphatic rings. The van der Waals surface area contributed by atoms with Crippen molar-refractivity contribution in [1.29, 1.82) is 5.26 Å². The first-order valence-electron chi connectivity index (χ1n) is 16.9. The second-order valence-electron chi connectivity index (χ2n) is 13.7. The van der Waals surface area contributed by atoms with Crippen LogP contribution in [0.15, 0.2) is 82.6 Å². The number of carbonyl (C=O) groups excluding carboxylic acids is 1. The number of aromatic carboxylic acids is 1. The molecule has 1 amide bonds. The summed E-state index contributed by atoms with van der Waals surface area (Å²) in [5.41, 5.74) is 0.466. The van der Waals surface area contributed by atoms with Crippen LogP contribution in [-0.2, 0) is 14.6 Å². The van der Waals surface area contributed by atoms with Gasteiger partial charge in [0.05, 0.1) is 33.9 Å². The van der Waals surface area contributed by atoms with Gasteiger partial charge in [0.15, 0.2) is 0 Å². The fourth-order valence-corrected chi connectivity index (χ4v) is 9.85. The molecule has 3 fully saturated rings. The molecular formula is C37H44N4O6S. The van der Waals surface area contributed by atoms with Crippen molar-refractivity contribution in [3.8, 4) is 6.07 Å². The van der Waals surface area contributed by atoms with Crippen molar-refractivity contribution >= 4 is 27.6 Å². The van der Waals surface area contributed by atoms with Crippen LogP contribution in [0.2, 0.25) is 0 Å². The number of allylic oxidation sites excluding steroid dienone is 4. The molecule has 11 heteroatoms. The molecule has 4 atom stereocenters. The Kier molecular flexibility index (Phi) is 9.95. The molecule has 254 valence electrons. The lowest BCUT2D eigenvalue weighted by Gasteiger charge is -2.50. The van der Waals surface area contributed by atoms with E-state index in [1.165, 1.54) is 31.4 Å². The second kappa shape index (κ2) is 14.1. The molecule has 2 aromatic carbocycles. The summed E-state index contributed by atoms with van der Waals surface area (Å²) in [4.78, 5) is 28.4. The average Bonchev–Trinajstić information content (AvgIpc) is 3.56. The number of anilines is 1. The van der Waals surface area contributed by atoms with Crippen LogP contribution in [0.1, 0.15) is 48.9 Å².